The zero-order valence-corrected chi connectivity index (χ0v) is 20.0. The first-order chi connectivity index (χ1) is 16.0. The van der Waals surface area contributed by atoms with Crippen molar-refractivity contribution in [1.29, 1.82) is 0 Å². The molecule has 33 heavy (non-hydrogen) atoms. The highest BCUT2D eigenvalue weighted by atomic mass is 19.1. The summed E-state index contributed by atoms with van der Waals surface area (Å²) in [5.74, 6) is -0.806. The summed E-state index contributed by atoms with van der Waals surface area (Å²) in [5, 5.41) is 5.52. The minimum absolute atomic E-state index is 0.0696. The van der Waals surface area contributed by atoms with E-state index in [1.54, 1.807) is 4.90 Å². The van der Waals surface area contributed by atoms with Gasteiger partial charge in [-0.1, -0.05) is 58.3 Å². The van der Waals surface area contributed by atoms with Gasteiger partial charge >= 0.3 is 0 Å². The number of rotatable bonds is 15. The number of hydrogen-bond donors (Lipinski definition) is 2. The standard InChI is InChI=1S/C26H40FN3O3/c1-2-3-4-5-6-7-8-9-10-13-24(31)30-20-11-12-23(30)26(33)29-19-18-28-25(32)21-14-16-22(27)17-15-21/h14-17,23H,2-13,18-20H2,1H3,(H,28,32)(H,29,33)/t23-/m0/s1. The van der Waals surface area contributed by atoms with E-state index in [4.69, 9.17) is 0 Å². The summed E-state index contributed by atoms with van der Waals surface area (Å²) in [6.45, 7) is 3.41. The summed E-state index contributed by atoms with van der Waals surface area (Å²) in [4.78, 5) is 38.9. The number of amides is 3. The highest BCUT2D eigenvalue weighted by Crippen LogP contribution is 2.20. The van der Waals surface area contributed by atoms with Crippen LogP contribution in [0.5, 0.6) is 0 Å². The van der Waals surface area contributed by atoms with Crippen LogP contribution in [0.3, 0.4) is 0 Å². The maximum Gasteiger partial charge on any atom is 0.251 e. The molecule has 6 nitrogen and oxygen atoms in total. The first kappa shape index (κ1) is 26.8. The average molecular weight is 462 g/mol. The second-order valence-corrected chi connectivity index (χ2v) is 8.88. The molecule has 1 heterocycles. The van der Waals surface area contributed by atoms with Gasteiger partial charge in [0.05, 0.1) is 0 Å². The number of benzene rings is 1. The number of carbonyl (C=O) groups is 3. The zero-order chi connectivity index (χ0) is 23.9. The van der Waals surface area contributed by atoms with Gasteiger partial charge in [0, 0.05) is 31.6 Å². The largest absolute Gasteiger partial charge is 0.353 e. The summed E-state index contributed by atoms with van der Waals surface area (Å²) in [7, 11) is 0. The second kappa shape index (κ2) is 15.4. The molecule has 1 saturated heterocycles. The monoisotopic (exact) mass is 461 g/mol. The Kier molecular flexibility index (Phi) is 12.5. The number of halogens is 1. The van der Waals surface area contributed by atoms with Gasteiger partial charge in [0.25, 0.3) is 5.91 Å². The van der Waals surface area contributed by atoms with Gasteiger partial charge in [0.1, 0.15) is 11.9 Å². The third kappa shape index (κ3) is 9.93. The van der Waals surface area contributed by atoms with E-state index >= 15 is 0 Å². The highest BCUT2D eigenvalue weighted by molar-refractivity contribution is 5.94. The number of hydrogen-bond acceptors (Lipinski definition) is 3. The van der Waals surface area contributed by atoms with E-state index in [1.807, 2.05) is 0 Å². The molecule has 1 aromatic rings. The van der Waals surface area contributed by atoms with Crippen LogP contribution in [0, 0.1) is 5.82 Å². The summed E-state index contributed by atoms with van der Waals surface area (Å²) < 4.78 is 12.9. The van der Waals surface area contributed by atoms with Crippen LogP contribution in [0.25, 0.3) is 0 Å². The summed E-state index contributed by atoms with van der Waals surface area (Å²) in [5.41, 5.74) is 0.367. The molecule has 1 atom stereocenters. The molecule has 2 rings (SSSR count). The molecule has 0 aliphatic carbocycles. The van der Waals surface area contributed by atoms with E-state index < -0.39 is 11.9 Å². The van der Waals surface area contributed by atoms with Crippen LogP contribution < -0.4 is 10.6 Å². The van der Waals surface area contributed by atoms with Crippen molar-refractivity contribution >= 4 is 17.7 Å². The number of nitrogens with one attached hydrogen (secondary N) is 2. The van der Waals surface area contributed by atoms with E-state index in [9.17, 15) is 18.8 Å². The Morgan fingerprint density at radius 3 is 2.18 bits per heavy atom. The van der Waals surface area contributed by atoms with Gasteiger partial charge in [-0.25, -0.2) is 4.39 Å². The first-order valence-electron chi connectivity index (χ1n) is 12.6. The minimum Gasteiger partial charge on any atom is -0.353 e. The van der Waals surface area contributed by atoms with Crippen molar-refractivity contribution in [2.75, 3.05) is 19.6 Å². The molecule has 3 amide bonds. The van der Waals surface area contributed by atoms with Crippen molar-refractivity contribution in [3.8, 4) is 0 Å². The maximum absolute atomic E-state index is 12.9. The van der Waals surface area contributed by atoms with Gasteiger partial charge in [-0.05, 0) is 43.5 Å². The number of likely N-dealkylation sites (tertiary alicyclic amines) is 1. The average Bonchev–Trinajstić information content (AvgIpc) is 3.31. The first-order valence-corrected chi connectivity index (χ1v) is 12.6. The zero-order valence-electron chi connectivity index (χ0n) is 20.0. The van der Waals surface area contributed by atoms with E-state index in [0.717, 1.165) is 19.3 Å². The Bertz CT molecular complexity index is 739. The molecule has 7 heteroatoms. The van der Waals surface area contributed by atoms with E-state index in [0.29, 0.717) is 24.9 Å². The van der Waals surface area contributed by atoms with Crippen molar-refractivity contribution in [3.05, 3.63) is 35.6 Å². The van der Waals surface area contributed by atoms with Gasteiger partial charge in [0.15, 0.2) is 0 Å². The number of nitrogens with zero attached hydrogens (tertiary/aromatic N) is 1. The Morgan fingerprint density at radius 2 is 1.52 bits per heavy atom. The van der Waals surface area contributed by atoms with Gasteiger partial charge in [-0.3, -0.25) is 14.4 Å². The van der Waals surface area contributed by atoms with E-state index in [-0.39, 0.29) is 30.8 Å². The second-order valence-electron chi connectivity index (χ2n) is 8.88. The Morgan fingerprint density at radius 1 is 0.909 bits per heavy atom. The van der Waals surface area contributed by atoms with E-state index in [2.05, 4.69) is 17.6 Å². The lowest BCUT2D eigenvalue weighted by Gasteiger charge is -2.24. The fourth-order valence-corrected chi connectivity index (χ4v) is 4.25. The van der Waals surface area contributed by atoms with Gasteiger partial charge in [-0.2, -0.15) is 0 Å². The highest BCUT2D eigenvalue weighted by Gasteiger charge is 2.33. The lowest BCUT2D eigenvalue weighted by Crippen LogP contribution is -2.47. The fraction of sp³-hybridized carbons (Fsp3) is 0.654. The van der Waals surface area contributed by atoms with Gasteiger partial charge in [0.2, 0.25) is 11.8 Å². The van der Waals surface area contributed by atoms with Crippen LogP contribution in [-0.2, 0) is 9.59 Å². The van der Waals surface area contributed by atoms with Crippen molar-refractivity contribution in [3.63, 3.8) is 0 Å². The Hall–Kier alpha value is -2.44. The molecule has 0 bridgehead atoms. The molecule has 0 aromatic heterocycles. The number of unbranched alkanes of at least 4 members (excludes halogenated alkanes) is 8. The van der Waals surface area contributed by atoms with Crippen molar-refractivity contribution < 1.29 is 18.8 Å². The molecule has 2 N–H and O–H groups in total. The molecule has 1 aliphatic rings. The molecule has 0 spiro atoms. The Labute approximate surface area is 197 Å². The summed E-state index contributed by atoms with van der Waals surface area (Å²) in [6.07, 6.45) is 12.9. The SMILES string of the molecule is CCCCCCCCCCCC(=O)N1CCC[C@H]1C(=O)NCCNC(=O)c1ccc(F)cc1. The van der Waals surface area contributed by atoms with Crippen LogP contribution >= 0.6 is 0 Å². The molecule has 1 aromatic carbocycles. The van der Waals surface area contributed by atoms with Crippen molar-refractivity contribution in [2.45, 2.75) is 90.0 Å². The molecule has 0 unspecified atom stereocenters. The van der Waals surface area contributed by atoms with Crippen LogP contribution in [0.15, 0.2) is 24.3 Å². The third-order valence-corrected chi connectivity index (χ3v) is 6.19. The molecular formula is C26H40FN3O3. The predicted molar refractivity (Wildman–Crippen MR) is 128 cm³/mol. The lowest BCUT2D eigenvalue weighted by atomic mass is 10.1. The normalized spacial score (nSPS) is 15.5. The van der Waals surface area contributed by atoms with Crippen molar-refractivity contribution in [1.82, 2.24) is 15.5 Å². The summed E-state index contributed by atoms with van der Waals surface area (Å²) >= 11 is 0. The smallest absolute Gasteiger partial charge is 0.251 e. The van der Waals surface area contributed by atoms with E-state index in [1.165, 1.54) is 69.2 Å². The molecule has 0 radical (unpaired) electrons. The summed E-state index contributed by atoms with van der Waals surface area (Å²) in [6, 6.07) is 4.88. The quantitative estimate of drug-likeness (QED) is 0.375. The molecule has 1 fully saturated rings. The minimum atomic E-state index is -0.413. The topological polar surface area (TPSA) is 78.5 Å². The third-order valence-electron chi connectivity index (χ3n) is 6.19. The maximum atomic E-state index is 12.9. The molecule has 0 saturated carbocycles. The number of carbonyl (C=O) groups excluding carboxylic acids is 3. The van der Waals surface area contributed by atoms with Crippen LogP contribution in [0.4, 0.5) is 4.39 Å². The molecule has 184 valence electrons. The predicted octanol–water partition coefficient (Wildman–Crippen LogP) is 4.58. The van der Waals surface area contributed by atoms with Gasteiger partial charge in [-0.15, -0.1) is 0 Å². The molecular weight excluding hydrogens is 421 g/mol. The fourth-order valence-electron chi connectivity index (χ4n) is 4.25. The van der Waals surface area contributed by atoms with Crippen LogP contribution in [0.2, 0.25) is 0 Å². The van der Waals surface area contributed by atoms with Crippen molar-refractivity contribution in [2.24, 2.45) is 0 Å². The van der Waals surface area contributed by atoms with Crippen LogP contribution in [0.1, 0.15) is 94.3 Å². The van der Waals surface area contributed by atoms with Crippen LogP contribution in [-0.4, -0.2) is 48.3 Å². The van der Waals surface area contributed by atoms with Gasteiger partial charge < -0.3 is 15.5 Å². The lowest BCUT2D eigenvalue weighted by molar-refractivity contribution is -0.138. The Balaban J connectivity index is 1.59. The molecule has 1 aliphatic heterocycles.